The number of hydrogen-bond donors (Lipinski definition) is 2. The quantitative estimate of drug-likeness (QED) is 0.401. The summed E-state index contributed by atoms with van der Waals surface area (Å²) in [5, 5.41) is 22.4. The highest BCUT2D eigenvalue weighted by Gasteiger charge is 2.28. The summed E-state index contributed by atoms with van der Waals surface area (Å²) in [7, 11) is 1.51. The first-order chi connectivity index (χ1) is 17.6. The van der Waals surface area contributed by atoms with Gasteiger partial charge in [0.25, 0.3) is 11.4 Å². The molecule has 0 spiro atoms. The van der Waals surface area contributed by atoms with Gasteiger partial charge in [-0.25, -0.2) is 4.98 Å². The van der Waals surface area contributed by atoms with E-state index in [9.17, 15) is 9.90 Å². The third kappa shape index (κ3) is 4.10. The van der Waals surface area contributed by atoms with Gasteiger partial charge in [-0.05, 0) is 17.7 Å². The monoisotopic (exact) mass is 489 g/mol. The van der Waals surface area contributed by atoms with Gasteiger partial charge in [0.15, 0.2) is 11.4 Å². The lowest BCUT2D eigenvalue weighted by atomic mass is 9.89. The number of nitrogens with one attached hydrogen (secondary N) is 1. The molecule has 0 bridgehead atoms. The zero-order valence-electron chi connectivity index (χ0n) is 19.4. The zero-order chi connectivity index (χ0) is 24.6. The summed E-state index contributed by atoms with van der Waals surface area (Å²) in [5.41, 5.74) is 3.56. The third-order valence-electron chi connectivity index (χ3n) is 6.30. The van der Waals surface area contributed by atoms with E-state index >= 15 is 0 Å². The molecule has 5 heterocycles. The van der Waals surface area contributed by atoms with Crippen molar-refractivity contribution in [2.24, 2.45) is 0 Å². The fourth-order valence-corrected chi connectivity index (χ4v) is 4.48. The third-order valence-corrected chi connectivity index (χ3v) is 6.30. The maximum Gasteiger partial charge on any atom is 0.276 e. The molecule has 0 saturated heterocycles. The Kier molecular flexibility index (Phi) is 5.66. The highest BCUT2D eigenvalue weighted by atomic mass is 16.6. The van der Waals surface area contributed by atoms with E-state index in [-0.39, 0.29) is 11.6 Å². The standard InChI is InChI=1S/C24H23N7O5/c1-34-21-3-2-16-23(28-21)31(22(33)12-27-16)15-6-13-7-19(32)18(9-17(13)26-11-15)25-10-14-8-20-24(30-29-14)36-5-4-35-20/h2-3,6,8,11-12,18-19,25,32H,4-5,7,9-10H2,1H3/t18-,19+/m0/s1. The van der Waals surface area contributed by atoms with E-state index in [0.29, 0.717) is 72.7 Å². The molecule has 2 N–H and O–H groups in total. The molecule has 0 unspecified atom stereocenters. The smallest absolute Gasteiger partial charge is 0.276 e. The van der Waals surface area contributed by atoms with Gasteiger partial charge in [-0.1, -0.05) is 0 Å². The van der Waals surface area contributed by atoms with Crippen LogP contribution in [0.4, 0.5) is 0 Å². The molecule has 0 fully saturated rings. The number of aliphatic hydroxyl groups is 1. The van der Waals surface area contributed by atoms with E-state index in [0.717, 1.165) is 11.3 Å². The van der Waals surface area contributed by atoms with Crippen molar-refractivity contribution in [2.75, 3.05) is 20.3 Å². The normalized spacial score (nSPS) is 18.6. The Bertz CT molecular complexity index is 1510. The van der Waals surface area contributed by atoms with Gasteiger partial charge in [-0.3, -0.25) is 14.3 Å². The van der Waals surface area contributed by atoms with Crippen LogP contribution in [0.25, 0.3) is 16.9 Å². The predicted molar refractivity (Wildman–Crippen MR) is 127 cm³/mol. The second kappa shape index (κ2) is 9.13. The average Bonchev–Trinajstić information content (AvgIpc) is 2.91. The van der Waals surface area contributed by atoms with Crippen LogP contribution in [0.2, 0.25) is 0 Å². The van der Waals surface area contributed by atoms with Crippen molar-refractivity contribution in [3.8, 4) is 23.2 Å². The summed E-state index contributed by atoms with van der Waals surface area (Å²) in [5.74, 6) is 1.34. The number of fused-ring (bicyclic) bond motifs is 3. The minimum absolute atomic E-state index is 0.221. The van der Waals surface area contributed by atoms with E-state index in [2.05, 4.69) is 30.5 Å². The van der Waals surface area contributed by atoms with E-state index in [1.165, 1.54) is 17.9 Å². The molecule has 1 aliphatic heterocycles. The maximum atomic E-state index is 12.7. The molecule has 184 valence electrons. The average molecular weight is 489 g/mol. The van der Waals surface area contributed by atoms with Crippen LogP contribution >= 0.6 is 0 Å². The molecule has 2 atom stereocenters. The van der Waals surface area contributed by atoms with Gasteiger partial charge in [0.05, 0.1) is 37.0 Å². The molecule has 0 aromatic carbocycles. The molecule has 12 heteroatoms. The molecule has 4 aromatic rings. The van der Waals surface area contributed by atoms with Crippen LogP contribution in [0.15, 0.2) is 41.5 Å². The number of hydrogen-bond acceptors (Lipinski definition) is 11. The van der Waals surface area contributed by atoms with Crippen molar-refractivity contribution in [2.45, 2.75) is 31.5 Å². The second-order valence-electron chi connectivity index (χ2n) is 8.59. The van der Waals surface area contributed by atoms with Crippen LogP contribution in [-0.2, 0) is 19.4 Å². The van der Waals surface area contributed by atoms with Gasteiger partial charge in [0.2, 0.25) is 5.88 Å². The van der Waals surface area contributed by atoms with Crippen LogP contribution in [0.5, 0.6) is 17.5 Å². The fourth-order valence-electron chi connectivity index (χ4n) is 4.48. The van der Waals surface area contributed by atoms with Crippen LogP contribution in [0.3, 0.4) is 0 Å². The molecular formula is C24H23N7O5. The first kappa shape index (κ1) is 22.3. The molecule has 6 rings (SSSR count). The minimum atomic E-state index is -0.649. The Hall–Kier alpha value is -4.16. The maximum absolute atomic E-state index is 12.7. The van der Waals surface area contributed by atoms with E-state index in [4.69, 9.17) is 14.2 Å². The van der Waals surface area contributed by atoms with Crippen molar-refractivity contribution in [1.82, 2.24) is 35.0 Å². The molecular weight excluding hydrogens is 466 g/mol. The van der Waals surface area contributed by atoms with E-state index in [1.807, 2.05) is 6.07 Å². The van der Waals surface area contributed by atoms with Gasteiger partial charge in [0.1, 0.15) is 18.7 Å². The Balaban J connectivity index is 1.24. The number of aliphatic hydroxyl groups excluding tert-OH is 1. The van der Waals surface area contributed by atoms with Gasteiger partial charge >= 0.3 is 0 Å². The highest BCUT2D eigenvalue weighted by molar-refractivity contribution is 5.72. The predicted octanol–water partition coefficient (Wildman–Crippen LogP) is 0.363. The largest absolute Gasteiger partial charge is 0.484 e. The fraction of sp³-hybridized carbons (Fsp3) is 0.333. The zero-order valence-corrected chi connectivity index (χ0v) is 19.4. The number of rotatable bonds is 5. The van der Waals surface area contributed by atoms with Crippen molar-refractivity contribution >= 4 is 11.2 Å². The first-order valence-electron chi connectivity index (χ1n) is 11.5. The molecule has 1 aliphatic carbocycles. The van der Waals surface area contributed by atoms with Crippen LogP contribution in [-0.4, -0.2) is 67.3 Å². The number of nitrogens with zero attached hydrogens (tertiary/aromatic N) is 6. The van der Waals surface area contributed by atoms with E-state index < -0.39 is 6.10 Å². The summed E-state index contributed by atoms with van der Waals surface area (Å²) in [4.78, 5) is 26.0. The lowest BCUT2D eigenvalue weighted by Gasteiger charge is -2.30. The van der Waals surface area contributed by atoms with Crippen molar-refractivity contribution in [1.29, 1.82) is 0 Å². The molecule has 4 aromatic heterocycles. The SMILES string of the molecule is COc1ccc2ncc(=O)n(-c3cnc4c(c3)C[C@@H](O)[C@@H](NCc3cc5c(nn3)OCCO5)C4)c2n1. The minimum Gasteiger partial charge on any atom is -0.484 e. The summed E-state index contributed by atoms with van der Waals surface area (Å²) < 4.78 is 17.7. The molecule has 2 aliphatic rings. The molecule has 0 amide bonds. The number of aromatic nitrogens is 6. The summed E-state index contributed by atoms with van der Waals surface area (Å²) in [6, 6.07) is 6.88. The van der Waals surface area contributed by atoms with Gasteiger partial charge < -0.3 is 24.6 Å². The molecule has 0 radical (unpaired) electrons. The molecule has 0 saturated carbocycles. The second-order valence-corrected chi connectivity index (χ2v) is 8.59. The Morgan fingerprint density at radius 2 is 2.03 bits per heavy atom. The van der Waals surface area contributed by atoms with Crippen LogP contribution in [0.1, 0.15) is 17.0 Å². The van der Waals surface area contributed by atoms with Gasteiger partial charge in [-0.15, -0.1) is 5.10 Å². The lowest BCUT2D eigenvalue weighted by Crippen LogP contribution is -2.45. The summed E-state index contributed by atoms with van der Waals surface area (Å²) in [6.45, 7) is 1.34. The summed E-state index contributed by atoms with van der Waals surface area (Å²) >= 11 is 0. The number of methoxy groups -OCH3 is 1. The van der Waals surface area contributed by atoms with Crippen molar-refractivity contribution in [3.63, 3.8) is 0 Å². The molecule has 12 nitrogen and oxygen atoms in total. The van der Waals surface area contributed by atoms with Crippen LogP contribution < -0.4 is 25.1 Å². The van der Waals surface area contributed by atoms with Crippen LogP contribution in [0, 0.1) is 0 Å². The first-order valence-corrected chi connectivity index (χ1v) is 11.5. The van der Waals surface area contributed by atoms with Crippen molar-refractivity contribution in [3.05, 3.63) is 64.0 Å². The Morgan fingerprint density at radius 1 is 1.14 bits per heavy atom. The van der Waals surface area contributed by atoms with Crippen molar-refractivity contribution < 1.29 is 19.3 Å². The summed E-state index contributed by atoms with van der Waals surface area (Å²) in [6.07, 6.45) is 3.15. The highest BCUT2D eigenvalue weighted by Crippen LogP contribution is 2.27. The lowest BCUT2D eigenvalue weighted by molar-refractivity contribution is 0.117. The van der Waals surface area contributed by atoms with E-state index in [1.54, 1.807) is 24.4 Å². The topological polar surface area (TPSA) is 146 Å². The number of ether oxygens (including phenoxy) is 3. The Morgan fingerprint density at radius 3 is 2.92 bits per heavy atom. The Labute approximate surface area is 204 Å². The van der Waals surface area contributed by atoms with Gasteiger partial charge in [0, 0.05) is 43.3 Å². The number of pyridine rings is 2. The van der Waals surface area contributed by atoms with Gasteiger partial charge in [-0.2, -0.15) is 10.1 Å². The molecule has 36 heavy (non-hydrogen) atoms.